The van der Waals surface area contributed by atoms with Crippen molar-refractivity contribution in [2.24, 2.45) is 0 Å². The van der Waals surface area contributed by atoms with Crippen LogP contribution in [-0.4, -0.2) is 15.5 Å². The van der Waals surface area contributed by atoms with Crippen LogP contribution in [0.3, 0.4) is 0 Å². The minimum Gasteiger partial charge on any atom is -0.346 e. The molecule has 1 unspecified atom stereocenters. The van der Waals surface area contributed by atoms with Gasteiger partial charge in [0.2, 0.25) is 5.91 Å². The summed E-state index contributed by atoms with van der Waals surface area (Å²) in [4.78, 5) is 16.6. The minimum atomic E-state index is -0.131. The number of nitrogens with one attached hydrogen (secondary N) is 1. The molecule has 4 heteroatoms. The minimum absolute atomic E-state index is 0.0389. The van der Waals surface area contributed by atoms with Crippen molar-refractivity contribution in [2.75, 3.05) is 0 Å². The Kier molecular flexibility index (Phi) is 4.65. The van der Waals surface area contributed by atoms with Gasteiger partial charge < -0.3 is 9.88 Å². The second kappa shape index (κ2) is 6.87. The van der Waals surface area contributed by atoms with Gasteiger partial charge in [-0.05, 0) is 37.1 Å². The molecule has 0 spiro atoms. The summed E-state index contributed by atoms with van der Waals surface area (Å²) in [5.74, 6) is 0.929. The summed E-state index contributed by atoms with van der Waals surface area (Å²) in [7, 11) is 0. The first-order valence-electron chi connectivity index (χ1n) is 8.39. The summed E-state index contributed by atoms with van der Waals surface area (Å²) in [6.07, 6.45) is 0.475. The molecule has 1 heterocycles. The third-order valence-electron chi connectivity index (χ3n) is 4.36. The number of aryl methyl sites for hydroxylation is 1. The highest BCUT2D eigenvalue weighted by atomic mass is 16.1. The van der Waals surface area contributed by atoms with Crippen LogP contribution in [0.25, 0.3) is 11.0 Å². The van der Waals surface area contributed by atoms with Gasteiger partial charge in [0.1, 0.15) is 5.82 Å². The molecule has 0 saturated heterocycles. The Hall–Kier alpha value is -2.62. The van der Waals surface area contributed by atoms with Gasteiger partial charge in [0.05, 0.1) is 17.1 Å². The number of carbonyl (C=O) groups excluding carboxylic acids is 1. The molecule has 1 amide bonds. The largest absolute Gasteiger partial charge is 0.346 e. The molecule has 0 aliphatic heterocycles. The third kappa shape index (κ3) is 3.18. The molecule has 0 aliphatic carbocycles. The summed E-state index contributed by atoms with van der Waals surface area (Å²) in [5, 5.41) is 3.03. The van der Waals surface area contributed by atoms with Gasteiger partial charge in [0.15, 0.2) is 0 Å². The number of hydrogen-bond donors (Lipinski definition) is 1. The molecule has 1 aromatic heterocycles. The molecule has 0 saturated carbocycles. The Morgan fingerprint density at radius 2 is 1.88 bits per heavy atom. The fourth-order valence-corrected chi connectivity index (χ4v) is 2.96. The van der Waals surface area contributed by atoms with E-state index in [0.717, 1.165) is 23.4 Å². The van der Waals surface area contributed by atoms with Crippen molar-refractivity contribution in [3.63, 3.8) is 0 Å². The third-order valence-corrected chi connectivity index (χ3v) is 4.36. The molecule has 2 aromatic carbocycles. The monoisotopic (exact) mass is 321 g/mol. The lowest BCUT2D eigenvalue weighted by Gasteiger charge is -2.17. The molecule has 24 heavy (non-hydrogen) atoms. The van der Waals surface area contributed by atoms with Gasteiger partial charge in [-0.25, -0.2) is 4.98 Å². The molecule has 4 nitrogen and oxygen atoms in total. The van der Waals surface area contributed by atoms with Gasteiger partial charge in [0, 0.05) is 13.0 Å². The summed E-state index contributed by atoms with van der Waals surface area (Å²) < 4.78 is 2.21. The van der Waals surface area contributed by atoms with Crippen LogP contribution in [0.4, 0.5) is 0 Å². The van der Waals surface area contributed by atoms with Crippen molar-refractivity contribution in [1.29, 1.82) is 0 Å². The lowest BCUT2D eigenvalue weighted by atomic mass is 10.1. The van der Waals surface area contributed by atoms with Gasteiger partial charge >= 0.3 is 0 Å². The quantitative estimate of drug-likeness (QED) is 0.772. The van der Waals surface area contributed by atoms with Gasteiger partial charge in [-0.15, -0.1) is 0 Å². The van der Waals surface area contributed by atoms with E-state index in [-0.39, 0.29) is 11.9 Å². The van der Waals surface area contributed by atoms with Crippen molar-refractivity contribution in [2.45, 2.75) is 39.8 Å². The molecule has 0 aliphatic rings. The summed E-state index contributed by atoms with van der Waals surface area (Å²) in [5.41, 5.74) is 4.56. The highest BCUT2D eigenvalue weighted by Crippen LogP contribution is 2.23. The zero-order chi connectivity index (χ0) is 17.1. The van der Waals surface area contributed by atoms with Gasteiger partial charge in [-0.3, -0.25) is 4.79 Å². The van der Waals surface area contributed by atoms with Crippen molar-refractivity contribution in [1.82, 2.24) is 14.9 Å². The summed E-state index contributed by atoms with van der Waals surface area (Å²) >= 11 is 0. The molecule has 3 rings (SSSR count). The Morgan fingerprint density at radius 1 is 1.17 bits per heavy atom. The van der Waals surface area contributed by atoms with Crippen LogP contribution in [0, 0.1) is 6.92 Å². The number of rotatable bonds is 5. The van der Waals surface area contributed by atoms with Crippen molar-refractivity contribution >= 4 is 16.9 Å². The topological polar surface area (TPSA) is 46.9 Å². The van der Waals surface area contributed by atoms with Crippen LogP contribution >= 0.6 is 0 Å². The van der Waals surface area contributed by atoms with E-state index in [9.17, 15) is 4.79 Å². The summed E-state index contributed by atoms with van der Waals surface area (Å²) in [6.45, 7) is 6.72. The Balaban J connectivity index is 2.05. The molecule has 1 N–H and O–H groups in total. The second-order valence-electron chi connectivity index (χ2n) is 6.11. The number of imidazole rings is 1. The Morgan fingerprint density at radius 3 is 2.62 bits per heavy atom. The number of nitrogens with zero attached hydrogens (tertiary/aromatic N) is 2. The lowest BCUT2D eigenvalue weighted by Crippen LogP contribution is -2.28. The van der Waals surface area contributed by atoms with E-state index in [1.54, 1.807) is 0 Å². The predicted molar refractivity (Wildman–Crippen MR) is 96.9 cm³/mol. The number of fused-ring (bicyclic) bond motifs is 1. The average Bonchev–Trinajstić information content (AvgIpc) is 2.95. The number of amides is 1. The smallest absolute Gasteiger partial charge is 0.220 e. The number of benzene rings is 2. The van der Waals surface area contributed by atoms with E-state index in [2.05, 4.69) is 47.1 Å². The predicted octanol–water partition coefficient (Wildman–Crippen LogP) is 3.98. The first-order chi connectivity index (χ1) is 11.6. The van der Waals surface area contributed by atoms with Gasteiger partial charge in [0.25, 0.3) is 0 Å². The van der Waals surface area contributed by atoms with E-state index < -0.39 is 0 Å². The van der Waals surface area contributed by atoms with Crippen LogP contribution in [0.15, 0.2) is 48.5 Å². The zero-order valence-electron chi connectivity index (χ0n) is 14.4. The number of carbonyl (C=O) groups is 1. The molecule has 0 bridgehead atoms. The molecule has 0 radical (unpaired) electrons. The maximum Gasteiger partial charge on any atom is 0.220 e. The maximum atomic E-state index is 11.8. The number of hydrogen-bond acceptors (Lipinski definition) is 2. The number of aromatic nitrogens is 2. The second-order valence-corrected chi connectivity index (χ2v) is 6.11. The van der Waals surface area contributed by atoms with Crippen LogP contribution in [0.1, 0.15) is 43.3 Å². The zero-order valence-corrected chi connectivity index (χ0v) is 14.4. The van der Waals surface area contributed by atoms with Crippen molar-refractivity contribution in [3.8, 4) is 0 Å². The highest BCUT2D eigenvalue weighted by molar-refractivity contribution is 5.78. The van der Waals surface area contributed by atoms with Crippen LogP contribution < -0.4 is 5.32 Å². The summed E-state index contributed by atoms with van der Waals surface area (Å²) in [6, 6.07) is 16.4. The molecule has 124 valence electrons. The SMILES string of the molecule is CCC(=O)NC(C)c1nc2ccccc2n1Cc1ccccc1C. The lowest BCUT2D eigenvalue weighted by molar-refractivity contribution is -0.121. The van der Waals surface area contributed by atoms with Crippen molar-refractivity contribution in [3.05, 3.63) is 65.5 Å². The van der Waals surface area contributed by atoms with E-state index in [1.165, 1.54) is 11.1 Å². The van der Waals surface area contributed by atoms with Gasteiger partial charge in [-0.2, -0.15) is 0 Å². The maximum absolute atomic E-state index is 11.8. The molecule has 1 atom stereocenters. The van der Waals surface area contributed by atoms with Crippen LogP contribution in [0.5, 0.6) is 0 Å². The fraction of sp³-hybridized carbons (Fsp3) is 0.300. The van der Waals surface area contributed by atoms with E-state index >= 15 is 0 Å². The van der Waals surface area contributed by atoms with Crippen molar-refractivity contribution < 1.29 is 4.79 Å². The van der Waals surface area contributed by atoms with Crippen LogP contribution in [0.2, 0.25) is 0 Å². The van der Waals surface area contributed by atoms with E-state index in [0.29, 0.717) is 6.42 Å². The first-order valence-corrected chi connectivity index (χ1v) is 8.39. The molecular formula is C20H23N3O. The van der Waals surface area contributed by atoms with E-state index in [1.807, 2.05) is 32.0 Å². The Labute approximate surface area is 142 Å². The van der Waals surface area contributed by atoms with E-state index in [4.69, 9.17) is 4.98 Å². The number of para-hydroxylation sites is 2. The molecule has 3 aromatic rings. The van der Waals surface area contributed by atoms with Gasteiger partial charge in [-0.1, -0.05) is 43.3 Å². The fourth-order valence-electron chi connectivity index (χ4n) is 2.96. The molecular weight excluding hydrogens is 298 g/mol. The first kappa shape index (κ1) is 16.2. The Bertz CT molecular complexity index is 866. The highest BCUT2D eigenvalue weighted by Gasteiger charge is 2.18. The average molecular weight is 321 g/mol. The van der Waals surface area contributed by atoms with Crippen LogP contribution in [-0.2, 0) is 11.3 Å². The molecule has 0 fully saturated rings. The standard InChI is InChI=1S/C20H23N3O/c1-4-19(24)21-15(3)20-22-17-11-7-8-12-18(17)23(20)13-16-10-6-5-9-14(16)2/h5-12,15H,4,13H2,1-3H3,(H,21,24). The normalized spacial score (nSPS) is 12.3.